The molecule has 1 aromatic heterocycles. The highest BCUT2D eigenvalue weighted by Gasteiger charge is 2.21. The molecule has 0 bridgehead atoms. The number of benzene rings is 1. The first-order valence-corrected chi connectivity index (χ1v) is 6.83. The van der Waals surface area contributed by atoms with E-state index in [0.717, 1.165) is 0 Å². The Kier molecular flexibility index (Phi) is 4.32. The molecule has 20 heavy (non-hydrogen) atoms. The van der Waals surface area contributed by atoms with Gasteiger partial charge in [-0.25, -0.2) is 14.4 Å². The van der Waals surface area contributed by atoms with Crippen molar-refractivity contribution in [1.29, 1.82) is 0 Å². The van der Waals surface area contributed by atoms with Gasteiger partial charge in [0.1, 0.15) is 6.33 Å². The van der Waals surface area contributed by atoms with Gasteiger partial charge in [-0.3, -0.25) is 0 Å². The lowest BCUT2D eigenvalue weighted by molar-refractivity contribution is 0.547. The number of nitrogens with zero attached hydrogens (tertiary/aromatic N) is 2. The molecule has 1 heterocycles. The summed E-state index contributed by atoms with van der Waals surface area (Å²) in [5.41, 5.74) is 1.54. The van der Waals surface area contributed by atoms with E-state index < -0.39 is 0 Å². The Hall–Kier alpha value is -1.97. The highest BCUT2D eigenvalue weighted by atomic mass is 19.1. The Morgan fingerprint density at radius 3 is 2.50 bits per heavy atom. The van der Waals surface area contributed by atoms with Crippen molar-refractivity contribution in [3.63, 3.8) is 0 Å². The maximum absolute atomic E-state index is 14.1. The van der Waals surface area contributed by atoms with Gasteiger partial charge in [-0.05, 0) is 12.0 Å². The third-order valence-electron chi connectivity index (χ3n) is 3.45. The molecule has 0 unspecified atom stereocenters. The number of aryl methyl sites for hydroxylation is 1. The van der Waals surface area contributed by atoms with E-state index in [0.29, 0.717) is 18.7 Å². The van der Waals surface area contributed by atoms with Gasteiger partial charge in [0.15, 0.2) is 11.6 Å². The Morgan fingerprint density at radius 2 is 1.85 bits per heavy atom. The molecule has 0 fully saturated rings. The number of nitrogens with one attached hydrogen (secondary N) is 1. The molecule has 0 saturated carbocycles. The van der Waals surface area contributed by atoms with Crippen molar-refractivity contribution in [2.45, 2.75) is 32.6 Å². The fourth-order valence-corrected chi connectivity index (χ4v) is 2.07. The molecule has 0 aliphatic carbocycles. The molecular weight excluding hydrogens is 253 g/mol. The molecule has 0 spiro atoms. The van der Waals surface area contributed by atoms with Gasteiger partial charge >= 0.3 is 0 Å². The van der Waals surface area contributed by atoms with Crippen molar-refractivity contribution in [3.05, 3.63) is 53.7 Å². The minimum atomic E-state index is -0.348. The number of halogens is 1. The van der Waals surface area contributed by atoms with E-state index in [1.807, 2.05) is 25.1 Å². The second-order valence-corrected chi connectivity index (χ2v) is 5.44. The van der Waals surface area contributed by atoms with Crippen molar-refractivity contribution in [3.8, 4) is 0 Å². The van der Waals surface area contributed by atoms with E-state index in [4.69, 9.17) is 0 Å². The number of aromatic nitrogens is 2. The van der Waals surface area contributed by atoms with Gasteiger partial charge in [0.05, 0.1) is 5.69 Å². The zero-order valence-corrected chi connectivity index (χ0v) is 12.2. The number of rotatable bonds is 5. The van der Waals surface area contributed by atoms with Crippen molar-refractivity contribution in [1.82, 2.24) is 9.97 Å². The fraction of sp³-hybridized carbons (Fsp3) is 0.375. The van der Waals surface area contributed by atoms with Gasteiger partial charge < -0.3 is 5.32 Å². The fourth-order valence-electron chi connectivity index (χ4n) is 2.07. The maximum Gasteiger partial charge on any atom is 0.186 e. The third-order valence-corrected chi connectivity index (χ3v) is 3.45. The zero-order chi connectivity index (χ0) is 14.6. The summed E-state index contributed by atoms with van der Waals surface area (Å²) in [6.45, 7) is 6.72. The zero-order valence-electron chi connectivity index (χ0n) is 12.2. The Labute approximate surface area is 119 Å². The molecule has 0 aliphatic heterocycles. The van der Waals surface area contributed by atoms with Gasteiger partial charge in [0.2, 0.25) is 0 Å². The van der Waals surface area contributed by atoms with E-state index in [1.54, 1.807) is 0 Å². The standard InChI is InChI=1S/C16H20FN3/c1-4-13-14(17)15(20-11-19-13)18-10-16(2,3)12-8-6-5-7-9-12/h5-9,11H,4,10H2,1-3H3,(H,18,19,20). The first-order valence-electron chi connectivity index (χ1n) is 6.83. The summed E-state index contributed by atoms with van der Waals surface area (Å²) in [4.78, 5) is 7.92. The van der Waals surface area contributed by atoms with Crippen LogP contribution in [-0.4, -0.2) is 16.5 Å². The second kappa shape index (κ2) is 5.99. The largest absolute Gasteiger partial charge is 0.367 e. The molecule has 106 valence electrons. The highest BCUT2D eigenvalue weighted by Crippen LogP contribution is 2.24. The monoisotopic (exact) mass is 273 g/mol. The molecule has 0 amide bonds. The van der Waals surface area contributed by atoms with Crippen LogP contribution in [0, 0.1) is 5.82 Å². The molecule has 0 radical (unpaired) electrons. The van der Waals surface area contributed by atoms with Crippen molar-refractivity contribution in [2.75, 3.05) is 11.9 Å². The van der Waals surface area contributed by atoms with Crippen LogP contribution in [0.2, 0.25) is 0 Å². The Bertz CT molecular complexity index is 567. The molecule has 1 N–H and O–H groups in total. The van der Waals surface area contributed by atoms with Crippen LogP contribution >= 0.6 is 0 Å². The summed E-state index contributed by atoms with van der Waals surface area (Å²) < 4.78 is 14.1. The average molecular weight is 273 g/mol. The van der Waals surface area contributed by atoms with Gasteiger partial charge in [0.25, 0.3) is 0 Å². The van der Waals surface area contributed by atoms with Crippen LogP contribution in [-0.2, 0) is 11.8 Å². The number of hydrogen-bond acceptors (Lipinski definition) is 3. The minimum Gasteiger partial charge on any atom is -0.367 e. The summed E-state index contributed by atoms with van der Waals surface area (Å²) in [7, 11) is 0. The van der Waals surface area contributed by atoms with Crippen molar-refractivity contribution < 1.29 is 4.39 Å². The van der Waals surface area contributed by atoms with E-state index in [9.17, 15) is 4.39 Å². The van der Waals surface area contributed by atoms with Crippen LogP contribution in [0.4, 0.5) is 10.2 Å². The average Bonchev–Trinajstić information content (AvgIpc) is 2.47. The molecular formula is C16H20FN3. The van der Waals surface area contributed by atoms with Gasteiger partial charge in [0, 0.05) is 12.0 Å². The van der Waals surface area contributed by atoms with Crippen LogP contribution in [0.25, 0.3) is 0 Å². The first kappa shape index (κ1) is 14.4. The Balaban J connectivity index is 2.13. The summed E-state index contributed by atoms with van der Waals surface area (Å²) in [6.07, 6.45) is 1.96. The van der Waals surface area contributed by atoms with Gasteiger partial charge in [-0.1, -0.05) is 51.1 Å². The normalized spacial score (nSPS) is 11.4. The summed E-state index contributed by atoms with van der Waals surface area (Å²) in [6, 6.07) is 10.2. The predicted molar refractivity (Wildman–Crippen MR) is 79.3 cm³/mol. The quantitative estimate of drug-likeness (QED) is 0.905. The third kappa shape index (κ3) is 3.13. The van der Waals surface area contributed by atoms with Crippen LogP contribution in [0.5, 0.6) is 0 Å². The lowest BCUT2D eigenvalue weighted by Gasteiger charge is -2.26. The van der Waals surface area contributed by atoms with Crippen LogP contribution in [0.15, 0.2) is 36.7 Å². The maximum atomic E-state index is 14.1. The van der Waals surface area contributed by atoms with Crippen molar-refractivity contribution >= 4 is 5.82 Å². The van der Waals surface area contributed by atoms with Crippen molar-refractivity contribution in [2.24, 2.45) is 0 Å². The van der Waals surface area contributed by atoms with Gasteiger partial charge in [-0.2, -0.15) is 0 Å². The smallest absolute Gasteiger partial charge is 0.186 e. The SMILES string of the molecule is CCc1ncnc(NCC(C)(C)c2ccccc2)c1F. The van der Waals surface area contributed by atoms with E-state index in [-0.39, 0.29) is 17.1 Å². The summed E-state index contributed by atoms with van der Waals surface area (Å²) in [5.74, 6) is -0.0697. The lowest BCUT2D eigenvalue weighted by Crippen LogP contribution is -2.28. The molecule has 0 atom stereocenters. The Morgan fingerprint density at radius 1 is 1.15 bits per heavy atom. The first-order chi connectivity index (χ1) is 9.54. The van der Waals surface area contributed by atoms with E-state index in [2.05, 4.69) is 41.3 Å². The second-order valence-electron chi connectivity index (χ2n) is 5.44. The molecule has 2 rings (SSSR count). The molecule has 0 saturated heterocycles. The minimum absolute atomic E-state index is 0.106. The molecule has 3 nitrogen and oxygen atoms in total. The predicted octanol–water partition coefficient (Wildman–Crippen LogP) is 3.57. The number of hydrogen-bond donors (Lipinski definition) is 1. The molecule has 1 aromatic carbocycles. The van der Waals surface area contributed by atoms with E-state index >= 15 is 0 Å². The molecule has 4 heteroatoms. The number of anilines is 1. The lowest BCUT2D eigenvalue weighted by atomic mass is 9.84. The highest BCUT2D eigenvalue weighted by molar-refractivity contribution is 5.39. The summed E-state index contributed by atoms with van der Waals surface area (Å²) in [5, 5.41) is 3.10. The van der Waals surface area contributed by atoms with Crippen LogP contribution < -0.4 is 5.32 Å². The van der Waals surface area contributed by atoms with Gasteiger partial charge in [-0.15, -0.1) is 0 Å². The topological polar surface area (TPSA) is 37.8 Å². The van der Waals surface area contributed by atoms with E-state index in [1.165, 1.54) is 11.9 Å². The van der Waals surface area contributed by atoms with Crippen LogP contribution in [0.3, 0.4) is 0 Å². The molecule has 0 aliphatic rings. The van der Waals surface area contributed by atoms with Crippen LogP contribution in [0.1, 0.15) is 32.0 Å². The summed E-state index contributed by atoms with van der Waals surface area (Å²) >= 11 is 0. The molecule has 2 aromatic rings.